The fourth-order valence-corrected chi connectivity index (χ4v) is 2.61. The van der Waals surface area contributed by atoms with Gasteiger partial charge in [0.05, 0.1) is 23.0 Å². The summed E-state index contributed by atoms with van der Waals surface area (Å²) < 4.78 is 0. The quantitative estimate of drug-likeness (QED) is 0.701. The zero-order valence-corrected chi connectivity index (χ0v) is 11.1. The second kappa shape index (κ2) is 5.52. The molecule has 1 saturated carbocycles. The molecule has 18 heavy (non-hydrogen) atoms. The van der Waals surface area contributed by atoms with Crippen molar-refractivity contribution in [2.45, 2.75) is 52.0 Å². The number of aromatic amines is 1. The molecule has 0 bridgehead atoms. The number of nitrogens with two attached hydrogens (primary N) is 1. The van der Waals surface area contributed by atoms with Gasteiger partial charge in [-0.2, -0.15) is 5.10 Å². The lowest BCUT2D eigenvalue weighted by Crippen LogP contribution is -2.38. The summed E-state index contributed by atoms with van der Waals surface area (Å²) in [6, 6.07) is -0.0139. The standard InChI is InChI=1S/C13H22N4O/c1-8-12(9(2)17-16-8)15-13(18)10-6-4-3-5-7-11(10)14/h10-11H,3-7,14H2,1-2H3,(H,15,18)(H,16,17). The van der Waals surface area contributed by atoms with E-state index < -0.39 is 0 Å². The largest absolute Gasteiger partial charge is 0.327 e. The highest BCUT2D eigenvalue weighted by molar-refractivity contribution is 5.94. The molecule has 0 spiro atoms. The average Bonchev–Trinajstić information content (AvgIpc) is 2.56. The molecule has 5 nitrogen and oxygen atoms in total. The van der Waals surface area contributed by atoms with Crippen molar-refractivity contribution in [1.82, 2.24) is 10.2 Å². The van der Waals surface area contributed by atoms with Crippen molar-refractivity contribution in [3.63, 3.8) is 0 Å². The summed E-state index contributed by atoms with van der Waals surface area (Å²) in [4.78, 5) is 12.3. The minimum atomic E-state index is -0.0683. The molecule has 2 rings (SSSR count). The Kier molecular flexibility index (Phi) is 4.01. The van der Waals surface area contributed by atoms with E-state index in [1.165, 1.54) is 6.42 Å². The van der Waals surface area contributed by atoms with Crippen LogP contribution in [0.4, 0.5) is 5.69 Å². The minimum absolute atomic E-state index is 0.0139. The van der Waals surface area contributed by atoms with Gasteiger partial charge in [-0.25, -0.2) is 0 Å². The Bertz CT molecular complexity index is 407. The third-order valence-corrected chi connectivity index (χ3v) is 3.78. The van der Waals surface area contributed by atoms with Crippen LogP contribution in [0.5, 0.6) is 0 Å². The molecule has 1 amide bonds. The summed E-state index contributed by atoms with van der Waals surface area (Å²) in [7, 11) is 0. The first kappa shape index (κ1) is 13.1. The van der Waals surface area contributed by atoms with Gasteiger partial charge in [0, 0.05) is 6.04 Å². The van der Waals surface area contributed by atoms with E-state index in [4.69, 9.17) is 5.73 Å². The van der Waals surface area contributed by atoms with Crippen LogP contribution < -0.4 is 11.1 Å². The van der Waals surface area contributed by atoms with Crippen molar-refractivity contribution in [3.8, 4) is 0 Å². The van der Waals surface area contributed by atoms with Crippen LogP contribution in [0.2, 0.25) is 0 Å². The highest BCUT2D eigenvalue weighted by Gasteiger charge is 2.27. The molecule has 0 aliphatic heterocycles. The van der Waals surface area contributed by atoms with Crippen molar-refractivity contribution in [2.75, 3.05) is 5.32 Å². The fourth-order valence-electron chi connectivity index (χ4n) is 2.61. The third-order valence-electron chi connectivity index (χ3n) is 3.78. The molecule has 0 radical (unpaired) electrons. The van der Waals surface area contributed by atoms with Gasteiger partial charge in [0.1, 0.15) is 0 Å². The van der Waals surface area contributed by atoms with E-state index in [-0.39, 0.29) is 17.9 Å². The Labute approximate surface area is 108 Å². The summed E-state index contributed by atoms with van der Waals surface area (Å²) >= 11 is 0. The lowest BCUT2D eigenvalue weighted by Gasteiger charge is -2.20. The molecular weight excluding hydrogens is 228 g/mol. The molecular formula is C13H22N4O. The lowest BCUT2D eigenvalue weighted by molar-refractivity contribution is -0.120. The zero-order valence-electron chi connectivity index (χ0n) is 11.1. The van der Waals surface area contributed by atoms with Crippen molar-refractivity contribution in [1.29, 1.82) is 0 Å². The number of rotatable bonds is 2. The van der Waals surface area contributed by atoms with Crippen molar-refractivity contribution in [2.24, 2.45) is 11.7 Å². The molecule has 5 heteroatoms. The number of nitrogens with zero attached hydrogens (tertiary/aromatic N) is 1. The highest BCUT2D eigenvalue weighted by atomic mass is 16.1. The van der Waals surface area contributed by atoms with E-state index in [1.807, 2.05) is 13.8 Å². The Morgan fingerprint density at radius 2 is 2.06 bits per heavy atom. The van der Waals surface area contributed by atoms with Crippen LogP contribution in [0.3, 0.4) is 0 Å². The SMILES string of the molecule is Cc1n[nH]c(C)c1NC(=O)C1CCCCCC1N. The Hall–Kier alpha value is -1.36. The minimum Gasteiger partial charge on any atom is -0.327 e. The summed E-state index contributed by atoms with van der Waals surface area (Å²) in [5.74, 6) is -0.0294. The second-order valence-corrected chi connectivity index (χ2v) is 5.21. The number of nitrogens with one attached hydrogen (secondary N) is 2. The van der Waals surface area contributed by atoms with Gasteiger partial charge in [-0.1, -0.05) is 19.3 Å². The van der Waals surface area contributed by atoms with E-state index in [9.17, 15) is 4.79 Å². The van der Waals surface area contributed by atoms with E-state index in [0.717, 1.165) is 42.8 Å². The number of aryl methyl sites for hydroxylation is 2. The predicted molar refractivity (Wildman–Crippen MR) is 71.2 cm³/mol. The number of H-pyrrole nitrogens is 1. The van der Waals surface area contributed by atoms with Gasteiger partial charge in [-0.05, 0) is 26.7 Å². The number of hydrogen-bond donors (Lipinski definition) is 3. The molecule has 1 aliphatic rings. The summed E-state index contributed by atoms with van der Waals surface area (Å²) in [5, 5.41) is 9.93. The monoisotopic (exact) mass is 250 g/mol. The number of anilines is 1. The average molecular weight is 250 g/mol. The molecule has 100 valence electrons. The number of carbonyl (C=O) groups excluding carboxylic acids is 1. The number of carbonyl (C=O) groups is 1. The van der Waals surface area contributed by atoms with E-state index in [0.29, 0.717) is 0 Å². The molecule has 2 atom stereocenters. The zero-order chi connectivity index (χ0) is 13.1. The summed E-state index contributed by atoms with van der Waals surface area (Å²) in [5.41, 5.74) is 8.62. The molecule has 0 saturated heterocycles. The fraction of sp³-hybridized carbons (Fsp3) is 0.692. The molecule has 2 unspecified atom stereocenters. The van der Waals surface area contributed by atoms with Gasteiger partial charge >= 0.3 is 0 Å². The van der Waals surface area contributed by atoms with Crippen LogP contribution in [0, 0.1) is 19.8 Å². The smallest absolute Gasteiger partial charge is 0.229 e. The number of hydrogen-bond acceptors (Lipinski definition) is 3. The van der Waals surface area contributed by atoms with E-state index in [2.05, 4.69) is 15.5 Å². The number of amides is 1. The maximum Gasteiger partial charge on any atom is 0.229 e. The summed E-state index contributed by atoms with van der Waals surface area (Å²) in [6.45, 7) is 3.79. The Morgan fingerprint density at radius 1 is 1.33 bits per heavy atom. The Morgan fingerprint density at radius 3 is 2.72 bits per heavy atom. The lowest BCUT2D eigenvalue weighted by atomic mass is 9.94. The van der Waals surface area contributed by atoms with Gasteiger partial charge < -0.3 is 11.1 Å². The van der Waals surface area contributed by atoms with Crippen LogP contribution in [-0.2, 0) is 4.79 Å². The van der Waals surface area contributed by atoms with E-state index >= 15 is 0 Å². The van der Waals surface area contributed by atoms with Crippen LogP contribution in [-0.4, -0.2) is 22.1 Å². The normalized spacial score (nSPS) is 24.6. The van der Waals surface area contributed by atoms with Gasteiger partial charge in [0.15, 0.2) is 0 Å². The summed E-state index contributed by atoms with van der Waals surface area (Å²) in [6.07, 6.45) is 5.25. The van der Waals surface area contributed by atoms with Crippen LogP contribution >= 0.6 is 0 Å². The van der Waals surface area contributed by atoms with Crippen molar-refractivity contribution < 1.29 is 4.79 Å². The maximum atomic E-state index is 12.3. The third kappa shape index (κ3) is 2.72. The molecule has 1 aromatic rings. The van der Waals surface area contributed by atoms with Crippen LogP contribution in [0.15, 0.2) is 0 Å². The van der Waals surface area contributed by atoms with E-state index in [1.54, 1.807) is 0 Å². The van der Waals surface area contributed by atoms with Crippen molar-refractivity contribution >= 4 is 11.6 Å². The second-order valence-electron chi connectivity index (χ2n) is 5.21. The molecule has 0 aromatic carbocycles. The van der Waals surface area contributed by atoms with Gasteiger partial charge in [-0.3, -0.25) is 9.89 Å². The van der Waals surface area contributed by atoms with Crippen LogP contribution in [0.1, 0.15) is 43.5 Å². The molecule has 1 aliphatic carbocycles. The number of aromatic nitrogens is 2. The van der Waals surface area contributed by atoms with Crippen molar-refractivity contribution in [3.05, 3.63) is 11.4 Å². The van der Waals surface area contributed by atoms with Gasteiger partial charge in [-0.15, -0.1) is 0 Å². The molecule has 1 heterocycles. The first-order valence-corrected chi connectivity index (χ1v) is 6.67. The molecule has 1 aromatic heterocycles. The Balaban J connectivity index is 2.07. The molecule has 1 fully saturated rings. The topological polar surface area (TPSA) is 83.8 Å². The maximum absolute atomic E-state index is 12.3. The predicted octanol–water partition coefficient (Wildman–Crippen LogP) is 1.87. The first-order valence-electron chi connectivity index (χ1n) is 6.67. The first-order chi connectivity index (χ1) is 8.59. The highest BCUT2D eigenvalue weighted by Crippen LogP contribution is 2.25. The van der Waals surface area contributed by atoms with Gasteiger partial charge in [0.25, 0.3) is 0 Å². The van der Waals surface area contributed by atoms with Crippen LogP contribution in [0.25, 0.3) is 0 Å². The molecule has 4 N–H and O–H groups in total. The van der Waals surface area contributed by atoms with Gasteiger partial charge in [0.2, 0.25) is 5.91 Å².